The standard InChI is InChI=1S/C32H25BN2Si/c1-36(2)29-20-9-8-17-26(29)35-28-19-11-18-27-31(28)33(24-15-10-21-30(36)32(24)35)23-14-6-7-16-25(23)34(27)22-12-4-3-5-13-22/h3-21H,1-2H3. The number of para-hydroxylation sites is 4. The molecule has 8 rings (SSSR count). The quantitative estimate of drug-likeness (QED) is 0.311. The molecule has 0 fully saturated rings. The molecule has 5 aromatic rings. The van der Waals surface area contributed by atoms with Gasteiger partial charge in [0.15, 0.2) is 0 Å². The average Bonchev–Trinajstić information content (AvgIpc) is 2.92. The Labute approximate surface area is 213 Å². The van der Waals surface area contributed by atoms with Crippen LogP contribution in [0, 0.1) is 0 Å². The van der Waals surface area contributed by atoms with E-state index in [2.05, 4.69) is 138 Å². The molecule has 4 heteroatoms. The normalized spacial score (nSPS) is 15.6. The van der Waals surface area contributed by atoms with Crippen molar-refractivity contribution in [1.29, 1.82) is 0 Å². The molecule has 0 N–H and O–H groups in total. The van der Waals surface area contributed by atoms with Crippen LogP contribution >= 0.6 is 0 Å². The zero-order valence-corrected chi connectivity index (χ0v) is 21.4. The molecule has 0 aromatic heterocycles. The molecule has 0 spiro atoms. The van der Waals surface area contributed by atoms with E-state index in [4.69, 9.17) is 0 Å². The molecule has 0 bridgehead atoms. The van der Waals surface area contributed by atoms with Crippen molar-refractivity contribution in [2.75, 3.05) is 9.80 Å². The molecular formula is C32H25BN2Si. The Balaban J connectivity index is 1.51. The van der Waals surface area contributed by atoms with E-state index in [0.29, 0.717) is 0 Å². The van der Waals surface area contributed by atoms with Crippen molar-refractivity contribution in [3.63, 3.8) is 0 Å². The lowest BCUT2D eigenvalue weighted by molar-refractivity contribution is 1.25. The van der Waals surface area contributed by atoms with E-state index in [1.807, 2.05) is 0 Å². The first-order valence-corrected chi connectivity index (χ1v) is 15.8. The van der Waals surface area contributed by atoms with Crippen LogP contribution < -0.4 is 36.6 Å². The van der Waals surface area contributed by atoms with Crippen LogP contribution in [0.1, 0.15) is 0 Å². The van der Waals surface area contributed by atoms with Gasteiger partial charge in [0.1, 0.15) is 8.07 Å². The van der Waals surface area contributed by atoms with Crippen LogP contribution in [0.4, 0.5) is 34.1 Å². The molecule has 170 valence electrons. The number of rotatable bonds is 1. The van der Waals surface area contributed by atoms with E-state index in [1.165, 1.54) is 60.9 Å². The fourth-order valence-corrected chi connectivity index (χ4v) is 9.89. The Kier molecular flexibility index (Phi) is 3.94. The van der Waals surface area contributed by atoms with Gasteiger partial charge < -0.3 is 9.80 Å². The van der Waals surface area contributed by atoms with Crippen molar-refractivity contribution in [1.82, 2.24) is 0 Å². The monoisotopic (exact) mass is 476 g/mol. The third-order valence-corrected chi connectivity index (χ3v) is 11.9. The first-order chi connectivity index (χ1) is 17.7. The van der Waals surface area contributed by atoms with E-state index in [1.54, 1.807) is 0 Å². The molecule has 0 radical (unpaired) electrons. The number of benzene rings is 5. The summed E-state index contributed by atoms with van der Waals surface area (Å²) in [5.74, 6) is 0. The molecule has 2 nitrogen and oxygen atoms in total. The maximum Gasteiger partial charge on any atom is 0.252 e. The van der Waals surface area contributed by atoms with Gasteiger partial charge in [-0.05, 0) is 63.2 Å². The smallest absolute Gasteiger partial charge is 0.252 e. The first kappa shape index (κ1) is 20.2. The molecule has 0 amide bonds. The topological polar surface area (TPSA) is 6.48 Å². The van der Waals surface area contributed by atoms with Gasteiger partial charge in [0.05, 0.1) is 0 Å². The maximum absolute atomic E-state index is 2.57. The van der Waals surface area contributed by atoms with Gasteiger partial charge in [-0.15, -0.1) is 0 Å². The van der Waals surface area contributed by atoms with Crippen molar-refractivity contribution in [3.05, 3.63) is 115 Å². The number of hydrogen-bond acceptors (Lipinski definition) is 2. The van der Waals surface area contributed by atoms with Crippen molar-refractivity contribution >= 4 is 75.7 Å². The molecule has 36 heavy (non-hydrogen) atoms. The Morgan fingerprint density at radius 3 is 1.92 bits per heavy atom. The summed E-state index contributed by atoms with van der Waals surface area (Å²) in [6, 6.07) is 42.8. The summed E-state index contributed by atoms with van der Waals surface area (Å²) in [5.41, 5.74) is 12.1. The second-order valence-corrected chi connectivity index (χ2v) is 14.9. The maximum atomic E-state index is 2.57. The number of nitrogens with zero attached hydrogens (tertiary/aromatic N) is 2. The Bertz CT molecular complexity index is 1690. The van der Waals surface area contributed by atoms with Crippen LogP contribution in [-0.2, 0) is 0 Å². The highest BCUT2D eigenvalue weighted by molar-refractivity contribution is 7.05. The molecule has 0 atom stereocenters. The van der Waals surface area contributed by atoms with Gasteiger partial charge >= 0.3 is 0 Å². The van der Waals surface area contributed by atoms with Gasteiger partial charge in [0.2, 0.25) is 0 Å². The summed E-state index contributed by atoms with van der Waals surface area (Å²) in [6.45, 7) is 5.24. The molecule has 0 aliphatic carbocycles. The lowest BCUT2D eigenvalue weighted by Gasteiger charge is -2.49. The number of fused-ring (bicyclic) bond motifs is 6. The molecule has 0 unspecified atom stereocenters. The number of anilines is 6. The van der Waals surface area contributed by atoms with Crippen LogP contribution in [0.2, 0.25) is 13.1 Å². The van der Waals surface area contributed by atoms with Crippen molar-refractivity contribution < 1.29 is 0 Å². The van der Waals surface area contributed by atoms with E-state index in [-0.39, 0.29) is 6.71 Å². The van der Waals surface area contributed by atoms with Gasteiger partial charge in [-0.1, -0.05) is 92.0 Å². The van der Waals surface area contributed by atoms with Gasteiger partial charge in [-0.2, -0.15) is 0 Å². The highest BCUT2D eigenvalue weighted by Crippen LogP contribution is 2.44. The van der Waals surface area contributed by atoms with E-state index in [9.17, 15) is 0 Å². The molecule has 5 aromatic carbocycles. The molecular weight excluding hydrogens is 451 g/mol. The zero-order chi connectivity index (χ0) is 24.0. The van der Waals surface area contributed by atoms with Gasteiger partial charge in [0.25, 0.3) is 6.71 Å². The summed E-state index contributed by atoms with van der Waals surface area (Å²) in [5, 5.41) is 3.06. The van der Waals surface area contributed by atoms with Crippen LogP contribution in [0.15, 0.2) is 115 Å². The lowest BCUT2D eigenvalue weighted by Crippen LogP contribution is -2.67. The van der Waals surface area contributed by atoms with Crippen molar-refractivity contribution in [2.24, 2.45) is 0 Å². The van der Waals surface area contributed by atoms with Gasteiger partial charge in [0, 0.05) is 34.1 Å². The SMILES string of the molecule is C[Si]1(C)c2ccccc2N2c3cccc4c3B(c3ccccc3N4c3ccccc3)c3cccc1c32. The predicted molar refractivity (Wildman–Crippen MR) is 157 cm³/mol. The van der Waals surface area contributed by atoms with E-state index in [0.717, 1.165) is 0 Å². The highest BCUT2D eigenvalue weighted by atomic mass is 28.3. The second-order valence-electron chi connectivity index (χ2n) is 10.6. The second kappa shape index (κ2) is 7.02. The van der Waals surface area contributed by atoms with E-state index >= 15 is 0 Å². The third-order valence-electron chi connectivity index (χ3n) is 8.43. The summed E-state index contributed by atoms with van der Waals surface area (Å²) in [4.78, 5) is 5.03. The first-order valence-electron chi connectivity index (χ1n) is 12.8. The van der Waals surface area contributed by atoms with Gasteiger partial charge in [-0.25, -0.2) is 0 Å². The minimum Gasteiger partial charge on any atom is -0.312 e. The molecule has 3 heterocycles. The summed E-state index contributed by atoms with van der Waals surface area (Å²) >= 11 is 0. The lowest BCUT2D eigenvalue weighted by atomic mass is 9.33. The zero-order valence-electron chi connectivity index (χ0n) is 20.4. The molecule has 3 aliphatic heterocycles. The van der Waals surface area contributed by atoms with Crippen molar-refractivity contribution in [2.45, 2.75) is 13.1 Å². The third kappa shape index (κ3) is 2.42. The Morgan fingerprint density at radius 2 is 1.08 bits per heavy atom. The molecule has 3 aliphatic rings. The fraction of sp³-hybridized carbons (Fsp3) is 0.0625. The van der Waals surface area contributed by atoms with Gasteiger partial charge in [-0.3, -0.25) is 0 Å². The van der Waals surface area contributed by atoms with Crippen LogP contribution in [0.5, 0.6) is 0 Å². The van der Waals surface area contributed by atoms with Crippen molar-refractivity contribution in [3.8, 4) is 0 Å². The summed E-state index contributed by atoms with van der Waals surface area (Å²) in [7, 11) is -1.86. The Morgan fingerprint density at radius 1 is 0.500 bits per heavy atom. The minimum atomic E-state index is -1.86. The Hall–Kier alpha value is -4.02. The largest absolute Gasteiger partial charge is 0.312 e. The summed E-state index contributed by atoms with van der Waals surface area (Å²) < 4.78 is 0. The minimum absolute atomic E-state index is 0.216. The number of hydrogen-bond donors (Lipinski definition) is 0. The molecule has 0 saturated heterocycles. The molecule has 0 saturated carbocycles. The van der Waals surface area contributed by atoms with E-state index < -0.39 is 8.07 Å². The highest BCUT2D eigenvalue weighted by Gasteiger charge is 2.48. The van der Waals surface area contributed by atoms with Crippen LogP contribution in [0.3, 0.4) is 0 Å². The fourth-order valence-electron chi connectivity index (χ4n) is 6.89. The van der Waals surface area contributed by atoms with Crippen LogP contribution in [0.25, 0.3) is 0 Å². The van der Waals surface area contributed by atoms with Crippen LogP contribution in [-0.4, -0.2) is 14.8 Å². The predicted octanol–water partition coefficient (Wildman–Crippen LogP) is 4.91. The average molecular weight is 476 g/mol. The summed E-state index contributed by atoms with van der Waals surface area (Å²) in [6.07, 6.45) is 0.